The molecule has 0 atom stereocenters. The quantitative estimate of drug-likeness (QED) is 0.0358. The van der Waals surface area contributed by atoms with Crippen molar-refractivity contribution in [2.24, 2.45) is 5.92 Å². The number of carbonyl (C=O) groups is 1. The van der Waals surface area contributed by atoms with Crippen molar-refractivity contribution in [3.63, 3.8) is 0 Å². The molecule has 0 unspecified atom stereocenters. The van der Waals surface area contributed by atoms with Gasteiger partial charge in [-0.3, -0.25) is 0 Å². The predicted molar refractivity (Wildman–Crippen MR) is 280 cm³/mol. The minimum atomic E-state index is -4.33. The molecule has 0 aliphatic carbocycles. The summed E-state index contributed by atoms with van der Waals surface area (Å²) in [6.45, 7) is 12.3. The molecule has 0 aliphatic rings. The summed E-state index contributed by atoms with van der Waals surface area (Å²) in [6.07, 6.45) is 43.9. The summed E-state index contributed by atoms with van der Waals surface area (Å²) >= 11 is 0. The van der Waals surface area contributed by atoms with Gasteiger partial charge in [-0.05, 0) is 79.8 Å². The summed E-state index contributed by atoms with van der Waals surface area (Å²) in [5, 5.41) is 19.8. The molecule has 0 amide bonds. The smallest absolute Gasteiger partial charge is 0.852 e. The normalized spacial score (nSPS) is 11.2. The van der Waals surface area contributed by atoms with Gasteiger partial charge in [-0.15, -0.1) is 6.10 Å². The molecule has 398 valence electrons. The molecule has 0 fully saturated rings. The van der Waals surface area contributed by atoms with Crippen molar-refractivity contribution in [2.45, 2.75) is 289 Å². The van der Waals surface area contributed by atoms with Crippen LogP contribution in [0.1, 0.15) is 271 Å². The second-order valence-electron chi connectivity index (χ2n) is 19.7. The number of aliphatic carboxylic acids is 1. The van der Waals surface area contributed by atoms with Crippen molar-refractivity contribution >= 4 is 26.2 Å². The van der Waals surface area contributed by atoms with E-state index < -0.39 is 32.3 Å². The number of carboxylic acid groups (broad SMARTS) is 1. The van der Waals surface area contributed by atoms with Gasteiger partial charge in [0.1, 0.15) is 20.2 Å². The molecule has 0 N–H and O–H groups in total. The SMILES string of the molecule is CC(C)CCCCCCCCCCCCCCC(=O)[O-].CC(C)[O-].CCCCCCCCCCCCc1cccc(S(=O)(=O)[O-])c1.CCCCCCCCCCCCc1cccc(S(=O)(=O)[O-])c1.[Ti+4]. The zero-order chi connectivity index (χ0) is 51.2. The summed E-state index contributed by atoms with van der Waals surface area (Å²) in [7, 11) is -8.66. The van der Waals surface area contributed by atoms with Crippen LogP contribution in [-0.4, -0.2) is 38.0 Å². The van der Waals surface area contributed by atoms with Crippen molar-refractivity contribution in [3.8, 4) is 0 Å². The number of benzene rings is 2. The first-order chi connectivity index (χ1) is 32.4. The van der Waals surface area contributed by atoms with Gasteiger partial charge < -0.3 is 24.1 Å². The van der Waals surface area contributed by atoms with Gasteiger partial charge in [0, 0.05) is 5.97 Å². The van der Waals surface area contributed by atoms with Gasteiger partial charge in [0.25, 0.3) is 0 Å². The van der Waals surface area contributed by atoms with E-state index in [4.69, 9.17) is 0 Å². The van der Waals surface area contributed by atoms with E-state index in [0.29, 0.717) is 0 Å². The van der Waals surface area contributed by atoms with Crippen LogP contribution in [0.2, 0.25) is 0 Å². The molecule has 0 bridgehead atoms. The van der Waals surface area contributed by atoms with E-state index in [9.17, 15) is 40.9 Å². The number of hydrogen-bond acceptors (Lipinski definition) is 9. The van der Waals surface area contributed by atoms with Crippen LogP contribution < -0.4 is 10.2 Å². The molecule has 0 saturated heterocycles. The fourth-order valence-corrected chi connectivity index (χ4v) is 9.02. The molecule has 2 rings (SSSR count). The Labute approximate surface area is 440 Å². The van der Waals surface area contributed by atoms with Gasteiger partial charge in [0.05, 0.1) is 9.79 Å². The second-order valence-corrected chi connectivity index (χ2v) is 22.4. The summed E-state index contributed by atoms with van der Waals surface area (Å²) in [6, 6.07) is 12.8. The zero-order valence-electron chi connectivity index (χ0n) is 44.7. The molecule has 69 heavy (non-hydrogen) atoms. The fourth-order valence-electron chi connectivity index (χ4n) is 7.94. The van der Waals surface area contributed by atoms with Gasteiger partial charge in [0.2, 0.25) is 0 Å². The van der Waals surface area contributed by atoms with Crippen molar-refractivity contribution in [2.75, 3.05) is 0 Å². The Hall–Kier alpha value is -1.60. The van der Waals surface area contributed by atoms with Crippen LogP contribution in [0.4, 0.5) is 0 Å². The first kappa shape index (κ1) is 71.7. The van der Waals surface area contributed by atoms with Crippen LogP contribution in [0.15, 0.2) is 58.3 Å². The van der Waals surface area contributed by atoms with E-state index in [1.54, 1.807) is 26.0 Å². The number of unbranched alkanes of at least 4 members (excludes halogenated alkanes) is 29. The van der Waals surface area contributed by atoms with Crippen LogP contribution in [-0.2, 0) is 59.6 Å². The van der Waals surface area contributed by atoms with Crippen LogP contribution in [0, 0.1) is 5.92 Å². The first-order valence-corrected chi connectivity index (χ1v) is 30.2. The number of rotatable bonds is 39. The fraction of sp³-hybridized carbons (Fsp3) is 0.772. The summed E-state index contributed by atoms with van der Waals surface area (Å²) in [5.41, 5.74) is 1.88. The summed E-state index contributed by atoms with van der Waals surface area (Å²) in [5.74, 6) is -0.0415. The summed E-state index contributed by atoms with van der Waals surface area (Å²) in [4.78, 5) is 10.00. The van der Waals surface area contributed by atoms with Crippen LogP contribution in [0.25, 0.3) is 0 Å². The molecular weight excluding hydrogens is 941 g/mol. The van der Waals surface area contributed by atoms with Gasteiger partial charge in [-0.25, -0.2) is 16.8 Å². The maximum Gasteiger partial charge on any atom is 4.00 e. The molecule has 0 spiro atoms. The average Bonchev–Trinajstić information content (AvgIpc) is 3.27. The maximum absolute atomic E-state index is 11.0. The molecule has 2 aromatic rings. The number of hydrogen-bond donors (Lipinski definition) is 0. The van der Waals surface area contributed by atoms with E-state index in [1.807, 2.05) is 12.1 Å². The molecule has 12 heteroatoms. The van der Waals surface area contributed by atoms with E-state index in [0.717, 1.165) is 55.6 Å². The third-order valence-electron chi connectivity index (χ3n) is 11.9. The third kappa shape index (κ3) is 54.0. The Bertz CT molecular complexity index is 1550. The maximum atomic E-state index is 11.0. The number of carbonyl (C=O) groups excluding carboxylic acids is 1. The van der Waals surface area contributed by atoms with E-state index in [1.165, 1.54) is 210 Å². The van der Waals surface area contributed by atoms with E-state index >= 15 is 0 Å². The Balaban J connectivity index is -0.000000904. The summed E-state index contributed by atoms with van der Waals surface area (Å²) < 4.78 is 65.8. The van der Waals surface area contributed by atoms with Gasteiger partial charge in [-0.2, -0.15) is 0 Å². The van der Waals surface area contributed by atoms with E-state index in [2.05, 4.69) is 27.7 Å². The second kappa shape index (κ2) is 50.0. The average molecular weight is 1040 g/mol. The van der Waals surface area contributed by atoms with Crippen molar-refractivity contribution in [1.82, 2.24) is 0 Å². The Morgan fingerprint density at radius 2 is 0.710 bits per heavy atom. The topological polar surface area (TPSA) is 178 Å². The third-order valence-corrected chi connectivity index (χ3v) is 13.6. The Kier molecular flexibility index (Phi) is 51.9. The zero-order valence-corrected chi connectivity index (χ0v) is 47.9. The number of aryl methyl sites for hydroxylation is 2. The molecule has 0 saturated carbocycles. The van der Waals surface area contributed by atoms with Gasteiger partial charge in [0.15, 0.2) is 0 Å². The Morgan fingerprint density at radius 1 is 0.449 bits per heavy atom. The van der Waals surface area contributed by atoms with Crippen LogP contribution >= 0.6 is 0 Å². The standard InChI is InChI=1S/2C18H30O3S.C18H36O2.C3H7O.Ti/c2*1-2-3-4-5-6-7-8-9-10-11-13-17-14-12-15-18(16-17)22(19,20)21;1-17(2)15-13-11-9-7-5-3-4-6-8-10-12-14-16-18(19)20;1-3(2)4;/h2*12,14-16H,2-11,13H2,1H3,(H,19,20,21);17H,3-16H2,1-2H3,(H,19,20);3H,1-2H3;/q;;;-1;+4/p-3. The van der Waals surface area contributed by atoms with Crippen LogP contribution in [0.3, 0.4) is 0 Å². The number of carboxylic acids is 1. The minimum Gasteiger partial charge on any atom is -0.852 e. The molecule has 0 aliphatic heterocycles. The Morgan fingerprint density at radius 3 is 0.971 bits per heavy atom. The van der Waals surface area contributed by atoms with E-state index in [-0.39, 0.29) is 37.9 Å². The van der Waals surface area contributed by atoms with Gasteiger partial charge in [-0.1, -0.05) is 258 Å². The molecular formula is C57H100O9S2Ti. The molecule has 2 aromatic carbocycles. The van der Waals surface area contributed by atoms with Gasteiger partial charge >= 0.3 is 21.7 Å². The molecule has 0 aromatic heterocycles. The van der Waals surface area contributed by atoms with Crippen molar-refractivity contribution in [3.05, 3.63) is 59.7 Å². The monoisotopic (exact) mass is 1040 g/mol. The first-order valence-electron chi connectivity index (χ1n) is 27.4. The largest absolute Gasteiger partial charge is 4.00 e. The predicted octanol–water partition coefficient (Wildman–Crippen LogP) is 14.7. The molecule has 9 nitrogen and oxygen atoms in total. The van der Waals surface area contributed by atoms with Crippen molar-refractivity contribution in [1.29, 1.82) is 0 Å². The van der Waals surface area contributed by atoms with Crippen molar-refractivity contribution < 1.29 is 62.7 Å². The minimum absolute atomic E-state index is 0. The molecule has 0 heterocycles. The molecule has 0 radical (unpaired) electrons. The van der Waals surface area contributed by atoms with Crippen LogP contribution in [0.5, 0.6) is 0 Å².